The molecular weight excluding hydrogens is 278 g/mol. The molecule has 0 bridgehead atoms. The van der Waals surface area contributed by atoms with Crippen molar-refractivity contribution in [3.8, 4) is 0 Å². The molecule has 0 fully saturated rings. The summed E-state index contributed by atoms with van der Waals surface area (Å²) in [5, 5.41) is 12.0. The molecule has 7 heteroatoms. The molecule has 2 N–H and O–H groups in total. The number of aliphatic hydroxyl groups excluding tert-OH is 1. The van der Waals surface area contributed by atoms with Gasteiger partial charge in [-0.15, -0.1) is 0 Å². The van der Waals surface area contributed by atoms with Gasteiger partial charge in [0.2, 0.25) is 10.0 Å². The summed E-state index contributed by atoms with van der Waals surface area (Å²) < 4.78 is 26.6. The Morgan fingerprint density at radius 1 is 1.35 bits per heavy atom. The fraction of sp³-hybridized carbons (Fsp3) is 0.615. The van der Waals surface area contributed by atoms with E-state index >= 15 is 0 Å². The van der Waals surface area contributed by atoms with E-state index in [1.54, 1.807) is 13.1 Å². The maximum Gasteiger partial charge on any atom is 0.244 e. The first kappa shape index (κ1) is 16.9. The Kier molecular flexibility index (Phi) is 6.38. The third kappa shape index (κ3) is 3.68. The number of nitrogens with one attached hydrogen (secondary N) is 1. The van der Waals surface area contributed by atoms with Gasteiger partial charge in [0.1, 0.15) is 10.7 Å². The Labute approximate surface area is 120 Å². The Morgan fingerprint density at radius 2 is 2.00 bits per heavy atom. The van der Waals surface area contributed by atoms with Crippen molar-refractivity contribution in [2.24, 2.45) is 0 Å². The lowest BCUT2D eigenvalue weighted by Gasteiger charge is -2.28. The van der Waals surface area contributed by atoms with E-state index in [0.717, 1.165) is 0 Å². The first-order valence-electron chi connectivity index (χ1n) is 6.77. The van der Waals surface area contributed by atoms with Crippen molar-refractivity contribution in [2.75, 3.05) is 25.5 Å². The van der Waals surface area contributed by atoms with E-state index in [1.165, 1.54) is 16.6 Å². The van der Waals surface area contributed by atoms with Gasteiger partial charge in [-0.25, -0.2) is 13.4 Å². The standard InChI is InChI=1S/C13H23N3O3S/c1-4-11(5-2)16(8-9-17)20(18,19)12-6-7-13(14-3)15-10-12/h6-7,10-11,17H,4-5,8-9H2,1-3H3,(H,14,15). The Balaban J connectivity index is 3.14. The predicted octanol–water partition coefficient (Wildman–Crippen LogP) is 1.29. The third-order valence-electron chi connectivity index (χ3n) is 3.27. The SMILES string of the molecule is CCC(CC)N(CCO)S(=O)(=O)c1ccc(NC)nc1. The molecule has 0 aliphatic carbocycles. The molecule has 6 nitrogen and oxygen atoms in total. The second kappa shape index (κ2) is 7.56. The number of aliphatic hydroxyl groups is 1. The topological polar surface area (TPSA) is 82.5 Å². The van der Waals surface area contributed by atoms with Crippen molar-refractivity contribution in [2.45, 2.75) is 37.6 Å². The summed E-state index contributed by atoms with van der Waals surface area (Å²) in [6.07, 6.45) is 2.75. The summed E-state index contributed by atoms with van der Waals surface area (Å²) in [5.74, 6) is 0.611. The molecule has 0 saturated heterocycles. The van der Waals surface area contributed by atoms with E-state index in [2.05, 4.69) is 10.3 Å². The van der Waals surface area contributed by atoms with Crippen molar-refractivity contribution in [1.82, 2.24) is 9.29 Å². The molecule has 0 aliphatic rings. The van der Waals surface area contributed by atoms with Crippen molar-refractivity contribution >= 4 is 15.8 Å². The Morgan fingerprint density at radius 3 is 2.40 bits per heavy atom. The van der Waals surface area contributed by atoms with Crippen LogP contribution in [0.1, 0.15) is 26.7 Å². The maximum absolute atomic E-state index is 12.6. The van der Waals surface area contributed by atoms with Crippen LogP contribution in [0.4, 0.5) is 5.82 Å². The van der Waals surface area contributed by atoms with Gasteiger partial charge in [0.15, 0.2) is 0 Å². The molecule has 0 amide bonds. The predicted molar refractivity (Wildman–Crippen MR) is 79.1 cm³/mol. The van der Waals surface area contributed by atoms with Gasteiger partial charge in [-0.2, -0.15) is 4.31 Å². The second-order valence-corrected chi connectivity index (χ2v) is 6.33. The normalized spacial score (nSPS) is 12.1. The molecule has 0 spiro atoms. The van der Waals surface area contributed by atoms with Crippen molar-refractivity contribution in [3.63, 3.8) is 0 Å². The quantitative estimate of drug-likeness (QED) is 0.756. The smallest absolute Gasteiger partial charge is 0.244 e. The lowest BCUT2D eigenvalue weighted by Crippen LogP contribution is -2.41. The van der Waals surface area contributed by atoms with Crippen LogP contribution in [0.5, 0.6) is 0 Å². The van der Waals surface area contributed by atoms with Gasteiger partial charge in [-0.05, 0) is 25.0 Å². The second-order valence-electron chi connectivity index (χ2n) is 4.44. The zero-order valence-corrected chi connectivity index (χ0v) is 13.0. The summed E-state index contributed by atoms with van der Waals surface area (Å²) in [6, 6.07) is 3.04. The van der Waals surface area contributed by atoms with Crippen LogP contribution in [0.15, 0.2) is 23.2 Å². The fourth-order valence-corrected chi connectivity index (χ4v) is 3.82. The lowest BCUT2D eigenvalue weighted by molar-refractivity contribution is 0.219. The minimum Gasteiger partial charge on any atom is -0.395 e. The van der Waals surface area contributed by atoms with E-state index in [0.29, 0.717) is 18.7 Å². The zero-order chi connectivity index (χ0) is 15.2. The van der Waals surface area contributed by atoms with Crippen LogP contribution in [0.25, 0.3) is 0 Å². The summed E-state index contributed by atoms with van der Waals surface area (Å²) in [7, 11) is -1.91. The number of rotatable bonds is 8. The number of sulfonamides is 1. The van der Waals surface area contributed by atoms with Crippen LogP contribution in [-0.2, 0) is 10.0 Å². The minimum absolute atomic E-state index is 0.0997. The monoisotopic (exact) mass is 301 g/mol. The highest BCUT2D eigenvalue weighted by Gasteiger charge is 2.29. The summed E-state index contributed by atoms with van der Waals surface area (Å²) in [4.78, 5) is 4.19. The van der Waals surface area contributed by atoms with Gasteiger partial charge in [-0.3, -0.25) is 0 Å². The molecule has 1 rings (SSSR count). The van der Waals surface area contributed by atoms with Gasteiger partial charge in [0.05, 0.1) is 6.61 Å². The first-order chi connectivity index (χ1) is 9.51. The van der Waals surface area contributed by atoms with E-state index in [-0.39, 0.29) is 24.1 Å². The molecule has 0 radical (unpaired) electrons. The number of nitrogens with zero attached hydrogens (tertiary/aromatic N) is 2. The van der Waals surface area contributed by atoms with Crippen molar-refractivity contribution in [1.29, 1.82) is 0 Å². The summed E-state index contributed by atoms with van der Waals surface area (Å²) >= 11 is 0. The first-order valence-corrected chi connectivity index (χ1v) is 8.21. The highest BCUT2D eigenvalue weighted by Crippen LogP contribution is 2.21. The largest absolute Gasteiger partial charge is 0.395 e. The molecule has 1 aromatic rings. The zero-order valence-electron chi connectivity index (χ0n) is 12.2. The highest BCUT2D eigenvalue weighted by atomic mass is 32.2. The fourth-order valence-electron chi connectivity index (χ4n) is 2.11. The van der Waals surface area contributed by atoms with Crippen molar-refractivity contribution < 1.29 is 13.5 Å². The van der Waals surface area contributed by atoms with Crippen LogP contribution < -0.4 is 5.32 Å². The Hall–Kier alpha value is -1.18. The Bertz CT molecular complexity index is 498. The number of hydrogen-bond donors (Lipinski definition) is 2. The molecule has 0 atom stereocenters. The van der Waals surface area contributed by atoms with Gasteiger partial charge in [0.25, 0.3) is 0 Å². The number of pyridine rings is 1. The highest BCUT2D eigenvalue weighted by molar-refractivity contribution is 7.89. The molecule has 0 aliphatic heterocycles. The lowest BCUT2D eigenvalue weighted by atomic mass is 10.2. The van der Waals surface area contributed by atoms with Gasteiger partial charge in [0, 0.05) is 25.8 Å². The number of anilines is 1. The van der Waals surface area contributed by atoms with E-state index in [4.69, 9.17) is 5.11 Å². The van der Waals surface area contributed by atoms with Crippen LogP contribution in [0, 0.1) is 0 Å². The number of aromatic nitrogens is 1. The molecule has 114 valence electrons. The van der Waals surface area contributed by atoms with Crippen LogP contribution >= 0.6 is 0 Å². The maximum atomic E-state index is 12.6. The molecule has 0 aromatic carbocycles. The molecule has 0 saturated carbocycles. The average molecular weight is 301 g/mol. The molecule has 1 aromatic heterocycles. The third-order valence-corrected chi connectivity index (χ3v) is 5.20. The molecular formula is C13H23N3O3S. The van der Waals surface area contributed by atoms with Crippen molar-refractivity contribution in [3.05, 3.63) is 18.3 Å². The molecule has 0 unspecified atom stereocenters. The number of hydrogen-bond acceptors (Lipinski definition) is 5. The van der Waals surface area contributed by atoms with E-state index in [9.17, 15) is 8.42 Å². The van der Waals surface area contributed by atoms with Gasteiger partial charge >= 0.3 is 0 Å². The molecule has 1 heterocycles. The van der Waals surface area contributed by atoms with Crippen LogP contribution in [0.3, 0.4) is 0 Å². The average Bonchev–Trinajstić information content (AvgIpc) is 2.47. The summed E-state index contributed by atoms with van der Waals surface area (Å²) in [6.45, 7) is 3.78. The van der Waals surface area contributed by atoms with Gasteiger partial charge < -0.3 is 10.4 Å². The van der Waals surface area contributed by atoms with Gasteiger partial charge in [-0.1, -0.05) is 13.8 Å². The van der Waals surface area contributed by atoms with E-state index < -0.39 is 10.0 Å². The molecule has 20 heavy (non-hydrogen) atoms. The van der Waals surface area contributed by atoms with E-state index in [1.807, 2.05) is 13.8 Å². The minimum atomic E-state index is -3.63. The van der Waals surface area contributed by atoms with Crippen LogP contribution in [-0.4, -0.2) is 49.1 Å². The van der Waals surface area contributed by atoms with Crippen LogP contribution in [0.2, 0.25) is 0 Å². The summed E-state index contributed by atoms with van der Waals surface area (Å²) in [5.41, 5.74) is 0.